The van der Waals surface area contributed by atoms with E-state index in [1.165, 1.54) is 24.4 Å². The number of amidine groups is 1. The third-order valence-electron chi connectivity index (χ3n) is 5.88. The number of nitrogens with zero attached hydrogens (tertiary/aromatic N) is 1. The van der Waals surface area contributed by atoms with Gasteiger partial charge in [-0.05, 0) is 68.9 Å². The molecule has 0 saturated heterocycles. The highest BCUT2D eigenvalue weighted by molar-refractivity contribution is 6.38. The van der Waals surface area contributed by atoms with Crippen LogP contribution in [0.1, 0.15) is 55.4 Å². The summed E-state index contributed by atoms with van der Waals surface area (Å²) >= 11 is 0. The first-order valence-electron chi connectivity index (χ1n) is 11.4. The Labute approximate surface area is 197 Å². The molecule has 0 aromatic heterocycles. The average Bonchev–Trinajstić information content (AvgIpc) is 2.96. The standard InChI is InChI=1S/C26H29F2N3O3/c1-3-34-23(20-8-4-5-9-21(20)28)15-30-25(29)22(32)10-6-7-17-11-12-18-14-19(27)13-16(2)24(18)31-26(17)33/h4-5,8-9,13-15,17,23,29H,3,6-7,10-12H2,1-2H3,(H,31,33)/t17-,23+/m0/s1. The van der Waals surface area contributed by atoms with Crippen LogP contribution in [0.5, 0.6) is 0 Å². The number of halogens is 2. The van der Waals surface area contributed by atoms with E-state index in [2.05, 4.69) is 10.3 Å². The highest BCUT2D eigenvalue weighted by Gasteiger charge is 2.25. The van der Waals surface area contributed by atoms with Gasteiger partial charge in [0.05, 0.1) is 0 Å². The number of fused-ring (bicyclic) bond motifs is 1. The Kier molecular flexibility index (Phi) is 8.76. The minimum atomic E-state index is -0.802. The maximum atomic E-state index is 14.1. The number of Topliss-reactive ketones (excluding diaryl/α,β-unsaturated/α-hetero) is 1. The summed E-state index contributed by atoms with van der Waals surface area (Å²) in [5, 5.41) is 10.8. The van der Waals surface area contributed by atoms with E-state index >= 15 is 0 Å². The lowest BCUT2D eigenvalue weighted by atomic mass is 9.94. The van der Waals surface area contributed by atoms with E-state index in [1.807, 2.05) is 0 Å². The zero-order chi connectivity index (χ0) is 24.7. The Hall–Kier alpha value is -3.26. The van der Waals surface area contributed by atoms with Gasteiger partial charge in [0.25, 0.3) is 0 Å². The molecule has 0 saturated carbocycles. The van der Waals surface area contributed by atoms with E-state index < -0.39 is 23.5 Å². The molecule has 1 aliphatic heterocycles. The molecule has 3 rings (SSSR count). The quantitative estimate of drug-likeness (QED) is 0.384. The van der Waals surface area contributed by atoms with Crippen molar-refractivity contribution in [2.75, 3.05) is 11.9 Å². The SMILES string of the molecule is CCO[C@H](C=NC(=N)C(=O)CCC[C@H]1CCc2cc(F)cc(C)c2NC1=O)c1ccccc1F. The van der Waals surface area contributed by atoms with Crippen molar-refractivity contribution in [3.63, 3.8) is 0 Å². The first kappa shape index (κ1) is 25.4. The van der Waals surface area contributed by atoms with Crippen molar-refractivity contribution in [2.24, 2.45) is 10.9 Å². The number of anilines is 1. The predicted molar refractivity (Wildman–Crippen MR) is 127 cm³/mol. The van der Waals surface area contributed by atoms with Crippen LogP contribution in [-0.2, 0) is 20.7 Å². The number of benzene rings is 2. The second-order valence-corrected chi connectivity index (χ2v) is 8.32. The van der Waals surface area contributed by atoms with Crippen LogP contribution in [0.2, 0.25) is 0 Å². The largest absolute Gasteiger partial charge is 0.368 e. The number of nitrogens with one attached hydrogen (secondary N) is 2. The molecule has 1 heterocycles. The van der Waals surface area contributed by atoms with Gasteiger partial charge in [0, 0.05) is 36.4 Å². The minimum Gasteiger partial charge on any atom is -0.368 e. The van der Waals surface area contributed by atoms with Gasteiger partial charge in [-0.1, -0.05) is 18.2 Å². The van der Waals surface area contributed by atoms with E-state index in [9.17, 15) is 18.4 Å². The normalized spacial score (nSPS) is 16.6. The molecule has 1 aliphatic rings. The van der Waals surface area contributed by atoms with E-state index in [0.29, 0.717) is 43.5 Å². The summed E-state index contributed by atoms with van der Waals surface area (Å²) < 4.78 is 33.3. The van der Waals surface area contributed by atoms with Crippen LogP contribution >= 0.6 is 0 Å². The third kappa shape index (κ3) is 6.41. The highest BCUT2D eigenvalue weighted by atomic mass is 19.1. The fourth-order valence-electron chi connectivity index (χ4n) is 4.09. The molecule has 6 nitrogen and oxygen atoms in total. The van der Waals surface area contributed by atoms with Crippen molar-refractivity contribution in [2.45, 2.75) is 52.1 Å². The van der Waals surface area contributed by atoms with Crippen LogP contribution in [-0.4, -0.2) is 30.3 Å². The van der Waals surface area contributed by atoms with Crippen LogP contribution in [0, 0.1) is 29.9 Å². The van der Waals surface area contributed by atoms with Gasteiger partial charge in [-0.2, -0.15) is 0 Å². The number of carbonyl (C=O) groups is 2. The number of rotatable bonds is 9. The van der Waals surface area contributed by atoms with E-state index in [1.54, 1.807) is 32.0 Å². The molecule has 8 heteroatoms. The summed E-state index contributed by atoms with van der Waals surface area (Å²) in [6.07, 6.45) is 2.55. The number of ether oxygens (including phenoxy) is 1. The summed E-state index contributed by atoms with van der Waals surface area (Å²) in [7, 11) is 0. The van der Waals surface area contributed by atoms with E-state index in [4.69, 9.17) is 10.1 Å². The minimum absolute atomic E-state index is 0.0690. The number of hydrogen-bond donors (Lipinski definition) is 2. The molecule has 0 bridgehead atoms. The van der Waals surface area contributed by atoms with Crippen molar-refractivity contribution in [3.8, 4) is 0 Å². The molecule has 2 atom stereocenters. The number of aryl methyl sites for hydroxylation is 2. The molecule has 0 aliphatic carbocycles. The van der Waals surface area contributed by atoms with Crippen LogP contribution in [0.4, 0.5) is 14.5 Å². The fourth-order valence-corrected chi connectivity index (χ4v) is 4.09. The van der Waals surface area contributed by atoms with Crippen LogP contribution in [0.25, 0.3) is 0 Å². The van der Waals surface area contributed by atoms with Gasteiger partial charge < -0.3 is 10.1 Å². The number of ketones is 1. The molecular weight excluding hydrogens is 440 g/mol. The Morgan fingerprint density at radius 1 is 1.32 bits per heavy atom. The average molecular weight is 470 g/mol. The molecule has 2 N–H and O–H groups in total. The number of carbonyl (C=O) groups excluding carboxylic acids is 2. The van der Waals surface area contributed by atoms with Crippen molar-refractivity contribution in [1.29, 1.82) is 5.41 Å². The Balaban J connectivity index is 1.53. The van der Waals surface area contributed by atoms with Crippen LogP contribution < -0.4 is 5.32 Å². The topological polar surface area (TPSA) is 91.6 Å². The second kappa shape index (κ2) is 11.7. The molecule has 0 fully saturated rings. The maximum absolute atomic E-state index is 14.1. The van der Waals surface area contributed by atoms with Crippen LogP contribution in [0.15, 0.2) is 41.4 Å². The molecule has 0 radical (unpaired) electrons. The van der Waals surface area contributed by atoms with Gasteiger partial charge in [-0.3, -0.25) is 15.0 Å². The van der Waals surface area contributed by atoms with Gasteiger partial charge in [0.1, 0.15) is 17.7 Å². The third-order valence-corrected chi connectivity index (χ3v) is 5.88. The first-order valence-corrected chi connectivity index (χ1v) is 11.4. The lowest BCUT2D eigenvalue weighted by molar-refractivity contribution is -0.120. The molecule has 0 spiro atoms. The number of aliphatic imine (C=N–C) groups is 1. The smallest absolute Gasteiger partial charge is 0.227 e. The van der Waals surface area contributed by atoms with Gasteiger partial charge in [0.2, 0.25) is 5.91 Å². The summed E-state index contributed by atoms with van der Waals surface area (Å²) in [4.78, 5) is 28.9. The van der Waals surface area contributed by atoms with Gasteiger partial charge in [0.15, 0.2) is 11.6 Å². The first-order chi connectivity index (χ1) is 16.3. The predicted octanol–water partition coefficient (Wildman–Crippen LogP) is 5.34. The Morgan fingerprint density at radius 3 is 2.82 bits per heavy atom. The summed E-state index contributed by atoms with van der Waals surface area (Å²) in [6, 6.07) is 8.97. The Morgan fingerprint density at radius 2 is 2.09 bits per heavy atom. The summed E-state index contributed by atoms with van der Waals surface area (Å²) in [6.45, 7) is 3.83. The molecule has 2 aromatic rings. The number of hydrogen-bond acceptors (Lipinski definition) is 4. The van der Waals surface area contributed by atoms with Crippen molar-refractivity contribution < 1.29 is 23.1 Å². The molecule has 180 valence electrons. The van der Waals surface area contributed by atoms with E-state index in [-0.39, 0.29) is 29.6 Å². The van der Waals surface area contributed by atoms with Crippen molar-refractivity contribution in [1.82, 2.24) is 0 Å². The molecule has 2 aromatic carbocycles. The Bertz CT molecular complexity index is 1100. The van der Waals surface area contributed by atoms with E-state index in [0.717, 1.165) is 5.56 Å². The molecule has 1 amide bonds. The molecule has 0 unspecified atom stereocenters. The van der Waals surface area contributed by atoms with Gasteiger partial charge >= 0.3 is 0 Å². The van der Waals surface area contributed by atoms with Gasteiger partial charge in [-0.15, -0.1) is 0 Å². The number of amides is 1. The monoisotopic (exact) mass is 469 g/mol. The maximum Gasteiger partial charge on any atom is 0.227 e. The van der Waals surface area contributed by atoms with Crippen LogP contribution in [0.3, 0.4) is 0 Å². The zero-order valence-corrected chi connectivity index (χ0v) is 19.4. The molecule has 34 heavy (non-hydrogen) atoms. The van der Waals surface area contributed by atoms with Gasteiger partial charge in [-0.25, -0.2) is 13.8 Å². The van der Waals surface area contributed by atoms with Crippen molar-refractivity contribution >= 4 is 29.4 Å². The summed E-state index contributed by atoms with van der Waals surface area (Å²) in [5.41, 5.74) is 2.41. The fraction of sp³-hybridized carbons (Fsp3) is 0.385. The van der Waals surface area contributed by atoms with Crippen molar-refractivity contribution in [3.05, 3.63) is 64.7 Å². The summed E-state index contributed by atoms with van der Waals surface area (Å²) in [5.74, 6) is -2.12. The highest BCUT2D eigenvalue weighted by Crippen LogP contribution is 2.30. The zero-order valence-electron chi connectivity index (χ0n) is 19.4. The second-order valence-electron chi connectivity index (χ2n) is 8.32. The molecular formula is C26H29F2N3O3. The lowest BCUT2D eigenvalue weighted by Crippen LogP contribution is -2.22. The lowest BCUT2D eigenvalue weighted by Gasteiger charge is -2.14.